The van der Waals surface area contributed by atoms with Crippen molar-refractivity contribution in [2.24, 2.45) is 0 Å². The van der Waals surface area contributed by atoms with Gasteiger partial charge in [-0.2, -0.15) is 0 Å². The van der Waals surface area contributed by atoms with E-state index in [1.165, 1.54) is 17.0 Å². The largest absolute Gasteiger partial charge is 0.463 e. The van der Waals surface area contributed by atoms with E-state index in [0.717, 1.165) is 5.56 Å². The molecule has 10 heteroatoms. The summed E-state index contributed by atoms with van der Waals surface area (Å²) in [6, 6.07) is 9.76. The van der Waals surface area contributed by atoms with E-state index in [1.54, 1.807) is 37.3 Å². The summed E-state index contributed by atoms with van der Waals surface area (Å²) < 4.78 is 10.9. The zero-order chi connectivity index (χ0) is 21.7. The van der Waals surface area contributed by atoms with Crippen LogP contribution >= 0.6 is 23.2 Å². The van der Waals surface area contributed by atoms with Crippen molar-refractivity contribution in [3.8, 4) is 0 Å². The number of benzene rings is 2. The number of carbonyl (C=O) groups excluding carboxylic acids is 2. The fourth-order valence-corrected chi connectivity index (χ4v) is 2.99. The van der Waals surface area contributed by atoms with Crippen molar-refractivity contribution < 1.29 is 19.1 Å². The van der Waals surface area contributed by atoms with Crippen LogP contribution in [-0.4, -0.2) is 34.8 Å². The van der Waals surface area contributed by atoms with Crippen LogP contribution in [0.1, 0.15) is 12.5 Å². The van der Waals surface area contributed by atoms with Crippen molar-refractivity contribution in [3.63, 3.8) is 0 Å². The summed E-state index contributed by atoms with van der Waals surface area (Å²) in [7, 11) is 0. The Morgan fingerprint density at radius 1 is 1.10 bits per heavy atom. The molecule has 0 unspecified atom stereocenters. The SMILES string of the molecule is CCOC(=O)COC(=O)Nc1ccc2c(=O)n(Cc3ccc(Cl)c(Cl)c3)cnc2c1. The molecular formula is C20H17Cl2N3O5. The molecule has 0 spiro atoms. The number of rotatable bonds is 6. The Labute approximate surface area is 181 Å². The first-order valence-corrected chi connectivity index (χ1v) is 9.65. The monoisotopic (exact) mass is 449 g/mol. The Hall–Kier alpha value is -3.10. The molecule has 0 radical (unpaired) electrons. The molecular weight excluding hydrogens is 433 g/mol. The summed E-state index contributed by atoms with van der Waals surface area (Å²) in [5.41, 5.74) is 1.32. The molecule has 0 atom stereocenters. The van der Waals surface area contributed by atoms with Gasteiger partial charge in [-0.25, -0.2) is 14.6 Å². The van der Waals surface area contributed by atoms with Crippen molar-refractivity contribution in [1.82, 2.24) is 9.55 Å². The molecule has 156 valence electrons. The highest BCUT2D eigenvalue weighted by atomic mass is 35.5. The summed E-state index contributed by atoms with van der Waals surface area (Å²) in [4.78, 5) is 40.0. The van der Waals surface area contributed by atoms with Gasteiger partial charge in [0, 0.05) is 5.69 Å². The van der Waals surface area contributed by atoms with Crippen LogP contribution in [0.4, 0.5) is 10.5 Å². The highest BCUT2D eigenvalue weighted by Gasteiger charge is 2.11. The van der Waals surface area contributed by atoms with E-state index in [9.17, 15) is 14.4 Å². The van der Waals surface area contributed by atoms with E-state index in [-0.39, 0.29) is 18.7 Å². The van der Waals surface area contributed by atoms with Crippen LogP contribution in [-0.2, 0) is 20.8 Å². The predicted molar refractivity (Wildman–Crippen MR) is 113 cm³/mol. The number of anilines is 1. The topological polar surface area (TPSA) is 99.5 Å². The Morgan fingerprint density at radius 3 is 2.63 bits per heavy atom. The summed E-state index contributed by atoms with van der Waals surface area (Å²) in [5.74, 6) is -0.643. The number of aromatic nitrogens is 2. The maximum absolute atomic E-state index is 12.8. The highest BCUT2D eigenvalue weighted by Crippen LogP contribution is 2.23. The first-order chi connectivity index (χ1) is 14.4. The Morgan fingerprint density at radius 2 is 1.90 bits per heavy atom. The van der Waals surface area contributed by atoms with Gasteiger partial charge in [0.1, 0.15) is 0 Å². The second kappa shape index (κ2) is 9.60. The van der Waals surface area contributed by atoms with Crippen LogP contribution in [0.3, 0.4) is 0 Å². The fraction of sp³-hybridized carbons (Fsp3) is 0.200. The van der Waals surface area contributed by atoms with Crippen molar-refractivity contribution in [2.45, 2.75) is 13.5 Å². The molecule has 2 aromatic carbocycles. The van der Waals surface area contributed by atoms with Gasteiger partial charge in [0.05, 0.1) is 40.4 Å². The van der Waals surface area contributed by atoms with Gasteiger partial charge in [0.2, 0.25) is 0 Å². The number of nitrogens with one attached hydrogen (secondary N) is 1. The van der Waals surface area contributed by atoms with Gasteiger partial charge in [-0.05, 0) is 42.8 Å². The number of ether oxygens (including phenoxy) is 2. The van der Waals surface area contributed by atoms with Gasteiger partial charge in [-0.3, -0.25) is 14.7 Å². The van der Waals surface area contributed by atoms with Crippen molar-refractivity contribution in [1.29, 1.82) is 0 Å². The van der Waals surface area contributed by atoms with Crippen LogP contribution in [0.2, 0.25) is 10.0 Å². The molecule has 0 fully saturated rings. The number of halogens is 2. The summed E-state index contributed by atoms with van der Waals surface area (Å²) in [6.45, 7) is 1.63. The second-order valence-corrected chi connectivity index (χ2v) is 6.98. The summed E-state index contributed by atoms with van der Waals surface area (Å²) >= 11 is 11.9. The first-order valence-electron chi connectivity index (χ1n) is 8.90. The Kier molecular flexibility index (Phi) is 6.91. The van der Waals surface area contributed by atoms with Crippen LogP contribution in [0.15, 0.2) is 47.5 Å². The number of esters is 1. The Balaban J connectivity index is 1.74. The highest BCUT2D eigenvalue weighted by molar-refractivity contribution is 6.42. The third kappa shape index (κ3) is 5.28. The molecule has 3 aromatic rings. The van der Waals surface area contributed by atoms with Crippen LogP contribution in [0.25, 0.3) is 10.9 Å². The number of hydrogen-bond acceptors (Lipinski definition) is 6. The molecule has 1 aromatic heterocycles. The first kappa shape index (κ1) is 21.6. The maximum atomic E-state index is 12.8. The molecule has 1 N–H and O–H groups in total. The number of fused-ring (bicyclic) bond motifs is 1. The summed E-state index contributed by atoms with van der Waals surface area (Å²) in [6.07, 6.45) is 0.589. The third-order valence-electron chi connectivity index (χ3n) is 4.03. The van der Waals surface area contributed by atoms with Crippen molar-refractivity contribution >= 4 is 51.9 Å². The molecule has 0 aliphatic heterocycles. The van der Waals surface area contributed by atoms with Gasteiger partial charge in [-0.1, -0.05) is 29.3 Å². The minimum Gasteiger partial charge on any atom is -0.463 e. The second-order valence-electron chi connectivity index (χ2n) is 6.16. The zero-order valence-corrected chi connectivity index (χ0v) is 17.4. The quantitative estimate of drug-likeness (QED) is 0.573. The van der Waals surface area contributed by atoms with E-state index in [4.69, 9.17) is 27.9 Å². The zero-order valence-electron chi connectivity index (χ0n) is 15.9. The number of nitrogens with zero attached hydrogens (tertiary/aromatic N) is 2. The molecule has 8 nitrogen and oxygen atoms in total. The third-order valence-corrected chi connectivity index (χ3v) is 4.77. The molecule has 0 aliphatic rings. The molecule has 3 rings (SSSR count). The van der Waals surface area contributed by atoms with Crippen molar-refractivity contribution in [3.05, 3.63) is 68.7 Å². The van der Waals surface area contributed by atoms with Crippen LogP contribution in [0, 0.1) is 0 Å². The van der Waals surface area contributed by atoms with Gasteiger partial charge in [-0.15, -0.1) is 0 Å². The number of hydrogen-bond donors (Lipinski definition) is 1. The minimum absolute atomic E-state index is 0.197. The Bertz CT molecular complexity index is 1160. The number of amides is 1. The molecule has 1 amide bonds. The molecule has 0 bridgehead atoms. The summed E-state index contributed by atoms with van der Waals surface area (Å²) in [5, 5.41) is 3.69. The normalized spacial score (nSPS) is 10.6. The standard InChI is InChI=1S/C20H17Cl2N3O5/c1-2-29-18(26)10-30-20(28)24-13-4-5-14-17(8-13)23-11-25(19(14)27)9-12-3-6-15(21)16(22)7-12/h3-8,11H,2,9-10H2,1H3,(H,24,28). The molecule has 0 saturated carbocycles. The molecule has 0 aliphatic carbocycles. The molecule has 1 heterocycles. The maximum Gasteiger partial charge on any atom is 0.412 e. The van der Waals surface area contributed by atoms with Gasteiger partial charge < -0.3 is 9.47 Å². The van der Waals surface area contributed by atoms with Crippen molar-refractivity contribution in [2.75, 3.05) is 18.5 Å². The lowest BCUT2D eigenvalue weighted by molar-refractivity contribution is -0.146. The van der Waals surface area contributed by atoms with E-state index in [0.29, 0.717) is 26.6 Å². The van der Waals surface area contributed by atoms with Gasteiger partial charge in [0.25, 0.3) is 5.56 Å². The average molecular weight is 450 g/mol. The minimum atomic E-state index is -0.824. The lowest BCUT2D eigenvalue weighted by atomic mass is 10.2. The van der Waals surface area contributed by atoms with E-state index in [1.807, 2.05) is 0 Å². The van der Waals surface area contributed by atoms with Crippen LogP contribution in [0.5, 0.6) is 0 Å². The smallest absolute Gasteiger partial charge is 0.412 e. The van der Waals surface area contributed by atoms with Gasteiger partial charge >= 0.3 is 12.1 Å². The van der Waals surface area contributed by atoms with Crippen LogP contribution < -0.4 is 10.9 Å². The van der Waals surface area contributed by atoms with E-state index in [2.05, 4.69) is 15.0 Å². The van der Waals surface area contributed by atoms with E-state index >= 15 is 0 Å². The fourth-order valence-electron chi connectivity index (χ4n) is 2.66. The molecule has 0 saturated heterocycles. The van der Waals surface area contributed by atoms with E-state index < -0.39 is 18.7 Å². The lowest BCUT2D eigenvalue weighted by Crippen LogP contribution is -2.22. The number of carbonyl (C=O) groups is 2. The lowest BCUT2D eigenvalue weighted by Gasteiger charge is -2.09. The van der Waals surface area contributed by atoms with Gasteiger partial charge in [0.15, 0.2) is 6.61 Å². The predicted octanol–water partition coefficient (Wildman–Crippen LogP) is 3.86. The molecule has 30 heavy (non-hydrogen) atoms. The average Bonchev–Trinajstić information content (AvgIpc) is 2.71.